The lowest BCUT2D eigenvalue weighted by atomic mass is 10.1. The zero-order chi connectivity index (χ0) is 24.0. The maximum atomic E-state index is 5.67. The van der Waals surface area contributed by atoms with Crippen LogP contribution in [0.4, 0.5) is 17.6 Å². The predicted octanol–water partition coefficient (Wildman–Crippen LogP) is 2.18. The number of piperidine rings is 1. The van der Waals surface area contributed by atoms with E-state index in [1.54, 1.807) is 6.20 Å². The van der Waals surface area contributed by atoms with Crippen LogP contribution in [-0.4, -0.2) is 86.6 Å². The van der Waals surface area contributed by atoms with Gasteiger partial charge in [0.15, 0.2) is 5.82 Å². The van der Waals surface area contributed by atoms with Crippen molar-refractivity contribution in [3.8, 4) is 0 Å². The highest BCUT2D eigenvalue weighted by Gasteiger charge is 2.25. The molecule has 0 saturated carbocycles. The van der Waals surface area contributed by atoms with Gasteiger partial charge in [-0.15, -0.1) is 0 Å². The predicted molar refractivity (Wildman–Crippen MR) is 136 cm³/mol. The quantitative estimate of drug-likeness (QED) is 0.442. The summed E-state index contributed by atoms with van der Waals surface area (Å²) >= 11 is 0. The molecule has 5 rings (SSSR count). The van der Waals surface area contributed by atoms with E-state index in [0.29, 0.717) is 37.4 Å². The largest absolute Gasteiger partial charge is 0.380 e. The van der Waals surface area contributed by atoms with E-state index in [0.717, 1.165) is 61.9 Å². The van der Waals surface area contributed by atoms with Gasteiger partial charge < -0.3 is 20.3 Å². The van der Waals surface area contributed by atoms with E-state index in [4.69, 9.17) is 19.8 Å². The van der Waals surface area contributed by atoms with Gasteiger partial charge in [-0.2, -0.15) is 10.1 Å². The highest BCUT2D eigenvalue weighted by Crippen LogP contribution is 2.30. The molecule has 11 heteroatoms. The molecule has 35 heavy (non-hydrogen) atoms. The van der Waals surface area contributed by atoms with Crippen LogP contribution >= 0.6 is 0 Å². The van der Waals surface area contributed by atoms with Gasteiger partial charge in [-0.25, -0.2) is 15.0 Å². The Balaban J connectivity index is 1.59. The van der Waals surface area contributed by atoms with Crippen LogP contribution in [0.2, 0.25) is 0 Å². The molecule has 5 heterocycles. The second kappa shape index (κ2) is 11.2. The highest BCUT2D eigenvalue weighted by molar-refractivity contribution is 5.90. The molecule has 3 aromatic rings. The minimum Gasteiger partial charge on any atom is -0.380 e. The number of fused-ring (bicyclic) bond motifs is 1. The lowest BCUT2D eigenvalue weighted by Crippen LogP contribution is -2.49. The number of piperazine rings is 1. The van der Waals surface area contributed by atoms with Gasteiger partial charge in [-0.3, -0.25) is 9.58 Å². The summed E-state index contributed by atoms with van der Waals surface area (Å²) in [4.78, 5) is 23.3. The van der Waals surface area contributed by atoms with Crippen LogP contribution < -0.4 is 15.5 Å². The summed E-state index contributed by atoms with van der Waals surface area (Å²) in [6.07, 6.45) is 7.04. The Hall–Kier alpha value is -2.89. The van der Waals surface area contributed by atoms with Gasteiger partial charge >= 0.3 is 0 Å². The molecular weight excluding hydrogens is 444 g/mol. The standard InChI is InChI=1S/C24H36N10O/c1-3-35-14-13-34-22-21(19(31-34)16-32-10-5-4-6-11-32)29-24(33-12-9-26-18(2)15-33)30-23(22)28-20-7-8-25-17-27-20/h7-8,17-18,26H,3-6,9-16H2,1-2H3,(H,25,27,28,29,30)/t18-/m1/s1. The molecule has 0 unspecified atom stereocenters. The summed E-state index contributed by atoms with van der Waals surface area (Å²) in [6.45, 7) is 11.7. The van der Waals surface area contributed by atoms with Crippen LogP contribution in [0, 0.1) is 0 Å². The fourth-order valence-corrected chi connectivity index (χ4v) is 4.85. The summed E-state index contributed by atoms with van der Waals surface area (Å²) < 4.78 is 7.66. The van der Waals surface area contributed by atoms with Gasteiger partial charge in [0.2, 0.25) is 5.95 Å². The number of hydrogen-bond acceptors (Lipinski definition) is 10. The number of aromatic nitrogens is 6. The van der Waals surface area contributed by atoms with E-state index in [1.165, 1.54) is 25.6 Å². The maximum Gasteiger partial charge on any atom is 0.228 e. The molecule has 0 amide bonds. The third-order valence-electron chi connectivity index (χ3n) is 6.60. The third kappa shape index (κ3) is 5.68. The molecular formula is C24H36N10O. The molecule has 2 saturated heterocycles. The van der Waals surface area contributed by atoms with Crippen molar-refractivity contribution in [2.75, 3.05) is 56.2 Å². The number of anilines is 3. The molecule has 0 bridgehead atoms. The summed E-state index contributed by atoms with van der Waals surface area (Å²) in [5.41, 5.74) is 2.79. The van der Waals surface area contributed by atoms with E-state index in [1.807, 2.05) is 17.7 Å². The van der Waals surface area contributed by atoms with Crippen LogP contribution in [0.15, 0.2) is 18.6 Å². The van der Waals surface area contributed by atoms with Gasteiger partial charge in [0.05, 0.1) is 13.2 Å². The Morgan fingerprint density at radius 2 is 2.06 bits per heavy atom. The first-order chi connectivity index (χ1) is 17.2. The van der Waals surface area contributed by atoms with Crippen LogP contribution in [0.1, 0.15) is 38.8 Å². The van der Waals surface area contributed by atoms with E-state index < -0.39 is 0 Å². The molecule has 2 N–H and O–H groups in total. The lowest BCUT2D eigenvalue weighted by Gasteiger charge is -2.32. The topological polar surface area (TPSA) is 109 Å². The van der Waals surface area contributed by atoms with Gasteiger partial charge in [-0.05, 0) is 45.8 Å². The number of likely N-dealkylation sites (tertiary alicyclic amines) is 1. The van der Waals surface area contributed by atoms with E-state index >= 15 is 0 Å². The molecule has 2 aliphatic rings. The lowest BCUT2D eigenvalue weighted by molar-refractivity contribution is 0.137. The van der Waals surface area contributed by atoms with Crippen molar-refractivity contribution in [2.45, 2.75) is 52.2 Å². The van der Waals surface area contributed by atoms with E-state index in [2.05, 4.69) is 37.3 Å². The molecule has 2 fully saturated rings. The van der Waals surface area contributed by atoms with Gasteiger partial charge in [0, 0.05) is 45.0 Å². The average molecular weight is 481 g/mol. The second-order valence-electron chi connectivity index (χ2n) is 9.29. The van der Waals surface area contributed by atoms with Crippen molar-refractivity contribution in [2.24, 2.45) is 0 Å². The normalized spacial score (nSPS) is 19.4. The van der Waals surface area contributed by atoms with Crippen molar-refractivity contribution in [3.05, 3.63) is 24.3 Å². The molecule has 3 aromatic heterocycles. The monoisotopic (exact) mass is 480 g/mol. The summed E-state index contributed by atoms with van der Waals surface area (Å²) in [6, 6.07) is 2.22. The fourth-order valence-electron chi connectivity index (χ4n) is 4.85. The minimum atomic E-state index is 0.378. The molecule has 0 aromatic carbocycles. The Labute approximate surface area is 206 Å². The highest BCUT2D eigenvalue weighted by atomic mass is 16.5. The third-order valence-corrected chi connectivity index (χ3v) is 6.60. The Morgan fingerprint density at radius 3 is 2.83 bits per heavy atom. The molecule has 11 nitrogen and oxygen atoms in total. The molecule has 2 aliphatic heterocycles. The molecule has 1 atom stereocenters. The van der Waals surface area contributed by atoms with E-state index in [9.17, 15) is 0 Å². The number of nitrogens with one attached hydrogen (secondary N) is 2. The van der Waals surface area contributed by atoms with Crippen molar-refractivity contribution in [1.29, 1.82) is 0 Å². The average Bonchev–Trinajstić information content (AvgIpc) is 3.23. The first kappa shape index (κ1) is 23.8. The molecule has 188 valence electrons. The van der Waals surface area contributed by atoms with Gasteiger partial charge in [0.1, 0.15) is 28.9 Å². The minimum absolute atomic E-state index is 0.378. The van der Waals surface area contributed by atoms with Gasteiger partial charge in [-0.1, -0.05) is 6.42 Å². The first-order valence-corrected chi connectivity index (χ1v) is 12.8. The molecule has 0 spiro atoms. The number of hydrogen-bond donors (Lipinski definition) is 2. The molecule has 0 radical (unpaired) electrons. The summed E-state index contributed by atoms with van der Waals surface area (Å²) in [5, 5.41) is 12.0. The fraction of sp³-hybridized carbons (Fsp3) is 0.625. The summed E-state index contributed by atoms with van der Waals surface area (Å²) in [5.74, 6) is 2.13. The zero-order valence-corrected chi connectivity index (χ0v) is 20.8. The van der Waals surface area contributed by atoms with Crippen molar-refractivity contribution < 1.29 is 4.74 Å². The molecule has 0 aliphatic carbocycles. The van der Waals surface area contributed by atoms with Crippen molar-refractivity contribution >= 4 is 28.6 Å². The Morgan fingerprint density at radius 1 is 1.17 bits per heavy atom. The SMILES string of the molecule is CCOCCn1nc(CN2CCCCC2)c2nc(N3CCN[C@H](C)C3)nc(Nc3ccncn3)c21. The Kier molecular flexibility index (Phi) is 7.65. The van der Waals surface area contributed by atoms with Gasteiger partial charge in [0.25, 0.3) is 0 Å². The second-order valence-corrected chi connectivity index (χ2v) is 9.29. The maximum absolute atomic E-state index is 5.67. The number of nitrogens with zero attached hydrogens (tertiary/aromatic N) is 8. The Bertz CT molecular complexity index is 1100. The number of ether oxygens (including phenoxy) is 1. The smallest absolute Gasteiger partial charge is 0.228 e. The van der Waals surface area contributed by atoms with Crippen LogP contribution in [0.25, 0.3) is 11.0 Å². The first-order valence-electron chi connectivity index (χ1n) is 12.8. The van der Waals surface area contributed by atoms with Crippen LogP contribution in [-0.2, 0) is 17.8 Å². The van der Waals surface area contributed by atoms with Crippen molar-refractivity contribution in [1.82, 2.24) is 39.9 Å². The zero-order valence-electron chi connectivity index (χ0n) is 20.8. The van der Waals surface area contributed by atoms with Crippen molar-refractivity contribution in [3.63, 3.8) is 0 Å². The van der Waals surface area contributed by atoms with Crippen LogP contribution in [0.3, 0.4) is 0 Å². The van der Waals surface area contributed by atoms with Crippen LogP contribution in [0.5, 0.6) is 0 Å². The number of rotatable bonds is 9. The van der Waals surface area contributed by atoms with E-state index in [-0.39, 0.29) is 0 Å². The summed E-state index contributed by atoms with van der Waals surface area (Å²) in [7, 11) is 0.